The van der Waals surface area contributed by atoms with Crippen LogP contribution in [0.1, 0.15) is 51.7 Å². The van der Waals surface area contributed by atoms with Gasteiger partial charge in [0.15, 0.2) is 0 Å². The van der Waals surface area contributed by atoms with Crippen LogP contribution < -0.4 is 11.1 Å². The Morgan fingerprint density at radius 2 is 1.51 bits per heavy atom. The number of nitrogens with one attached hydrogen (secondary N) is 1. The molecular formula is C23H29Br2Cl3N2O5. The Hall–Kier alpha value is -1.36. The number of aliphatic hydroxyl groups excluding tert-OH is 1. The van der Waals surface area contributed by atoms with Gasteiger partial charge in [-0.15, -0.1) is 0 Å². The molecule has 0 radical (unpaired) electrons. The van der Waals surface area contributed by atoms with E-state index in [2.05, 4.69) is 48.8 Å². The molecule has 7 nitrogen and oxygen atoms in total. The van der Waals surface area contributed by atoms with Crippen molar-refractivity contribution in [3.8, 4) is 0 Å². The summed E-state index contributed by atoms with van der Waals surface area (Å²) in [5, 5.41) is 12.6. The van der Waals surface area contributed by atoms with Crippen molar-refractivity contribution in [3.05, 3.63) is 54.4 Å². The molecule has 1 amide bonds. The maximum absolute atomic E-state index is 11.5. The summed E-state index contributed by atoms with van der Waals surface area (Å²) in [6, 6.07) is 6.68. The number of rotatable bonds is 6. The van der Waals surface area contributed by atoms with Gasteiger partial charge in [0, 0.05) is 44.3 Å². The van der Waals surface area contributed by atoms with Crippen molar-refractivity contribution in [2.24, 2.45) is 0 Å². The first kappa shape index (κ1) is 35.8. The van der Waals surface area contributed by atoms with Crippen molar-refractivity contribution >= 4 is 95.7 Å². The maximum Gasteiger partial charge on any atom is 0.305 e. The number of anilines is 2. The number of halogens is 5. The molecule has 2 rings (SSSR count). The summed E-state index contributed by atoms with van der Waals surface area (Å²) in [7, 11) is 0. The first-order valence-electron chi connectivity index (χ1n) is 10.4. The SMILES string of the molecule is CC.CCC(=O)Nc1cc(Cl)c(Br)cc1COC(=O)CC.Nc1cc(Cl)c(Br)cc1CO.O=CCl. The summed E-state index contributed by atoms with van der Waals surface area (Å²) in [4.78, 5) is 31.2. The highest BCUT2D eigenvalue weighted by Crippen LogP contribution is 2.30. The summed E-state index contributed by atoms with van der Waals surface area (Å²) in [6.07, 6.45) is 0.674. The summed E-state index contributed by atoms with van der Waals surface area (Å²) in [6.45, 7) is 7.51. The normalized spacial score (nSPS) is 9.20. The second kappa shape index (κ2) is 20.8. The van der Waals surface area contributed by atoms with Crippen LogP contribution in [-0.4, -0.2) is 22.7 Å². The monoisotopic (exact) mass is 676 g/mol. The number of benzene rings is 2. The number of ether oxygens (including phenoxy) is 1. The summed E-state index contributed by atoms with van der Waals surface area (Å²) >= 11 is 22.6. The minimum atomic E-state index is -0.293. The summed E-state index contributed by atoms with van der Waals surface area (Å²) in [5.41, 5.74) is 7.99. The standard InChI is InChI=1S/C13H15BrClNO3.C7H7BrClNO.C2H6.CHClO/c1-3-12(17)16-11-6-10(15)9(14)5-8(11)7-19-13(18)4-2;8-5-1-4(3-11)7(10)2-6(5)9;1-2;2-1-3/h5-6H,3-4,7H2,1-2H3,(H,16,17);1-2,11H,3,10H2;1-2H3;1H. The molecular weight excluding hydrogens is 650 g/mol. The highest BCUT2D eigenvalue weighted by Gasteiger charge is 2.11. The van der Waals surface area contributed by atoms with Crippen LogP contribution in [0.5, 0.6) is 0 Å². The fourth-order valence-corrected chi connectivity index (χ4v) is 3.18. The molecule has 0 unspecified atom stereocenters. The topological polar surface area (TPSA) is 119 Å². The van der Waals surface area contributed by atoms with Crippen molar-refractivity contribution in [2.45, 2.75) is 53.8 Å². The van der Waals surface area contributed by atoms with Gasteiger partial charge in [-0.3, -0.25) is 14.4 Å². The number of nitrogens with two attached hydrogens (primary N) is 1. The largest absolute Gasteiger partial charge is 0.461 e. The van der Waals surface area contributed by atoms with Crippen LogP contribution in [0, 0.1) is 0 Å². The lowest BCUT2D eigenvalue weighted by molar-refractivity contribution is -0.144. The van der Waals surface area contributed by atoms with Crippen LogP contribution in [0.3, 0.4) is 0 Å². The second-order valence-corrected chi connectivity index (χ2v) is 8.75. The molecule has 35 heavy (non-hydrogen) atoms. The third-order valence-electron chi connectivity index (χ3n) is 3.77. The molecule has 0 aliphatic heterocycles. The number of carbonyl (C=O) groups excluding carboxylic acids is 3. The molecule has 0 aliphatic rings. The molecule has 0 atom stereocenters. The van der Waals surface area contributed by atoms with Crippen molar-refractivity contribution in [1.82, 2.24) is 0 Å². The molecule has 2 aromatic rings. The van der Waals surface area contributed by atoms with Gasteiger partial charge in [-0.2, -0.15) is 0 Å². The molecule has 0 heterocycles. The molecule has 2 aromatic carbocycles. The van der Waals surface area contributed by atoms with E-state index in [0.29, 0.717) is 49.9 Å². The van der Waals surface area contributed by atoms with E-state index in [9.17, 15) is 9.59 Å². The van der Waals surface area contributed by atoms with Crippen LogP contribution in [0.25, 0.3) is 0 Å². The van der Waals surface area contributed by atoms with E-state index in [1.807, 2.05) is 13.8 Å². The zero-order chi connectivity index (χ0) is 27.6. The lowest BCUT2D eigenvalue weighted by Gasteiger charge is -2.12. The van der Waals surface area contributed by atoms with Gasteiger partial charge in [-0.05, 0) is 67.7 Å². The number of aliphatic hydroxyl groups is 1. The third-order valence-corrected chi connectivity index (χ3v) is 6.17. The molecule has 0 aromatic heterocycles. The van der Waals surface area contributed by atoms with Gasteiger partial charge in [0.1, 0.15) is 6.61 Å². The van der Waals surface area contributed by atoms with Crippen LogP contribution in [0.4, 0.5) is 11.4 Å². The molecule has 0 aliphatic carbocycles. The Labute approximate surface area is 237 Å². The van der Waals surface area contributed by atoms with Gasteiger partial charge in [0.25, 0.3) is 0 Å². The highest BCUT2D eigenvalue weighted by atomic mass is 79.9. The minimum absolute atomic E-state index is 0.0679. The van der Waals surface area contributed by atoms with E-state index in [4.69, 9.17) is 43.6 Å². The quantitative estimate of drug-likeness (QED) is 0.126. The molecule has 0 fully saturated rings. The van der Waals surface area contributed by atoms with Crippen LogP contribution in [0.2, 0.25) is 10.0 Å². The van der Waals surface area contributed by atoms with Crippen molar-refractivity contribution in [3.63, 3.8) is 0 Å². The first-order valence-corrected chi connectivity index (χ1v) is 13.1. The maximum atomic E-state index is 11.5. The predicted octanol–water partition coefficient (Wildman–Crippen LogP) is 7.52. The number of esters is 1. The Morgan fingerprint density at radius 1 is 1.03 bits per heavy atom. The molecule has 12 heteroatoms. The minimum Gasteiger partial charge on any atom is -0.461 e. The zero-order valence-electron chi connectivity index (χ0n) is 19.8. The molecule has 4 N–H and O–H groups in total. The van der Waals surface area contributed by atoms with Gasteiger partial charge >= 0.3 is 5.97 Å². The van der Waals surface area contributed by atoms with E-state index in [-0.39, 0.29) is 30.8 Å². The summed E-state index contributed by atoms with van der Waals surface area (Å²) < 4.78 is 6.51. The van der Waals surface area contributed by atoms with Crippen molar-refractivity contribution < 1.29 is 24.2 Å². The van der Waals surface area contributed by atoms with Gasteiger partial charge in [0.05, 0.1) is 16.7 Å². The molecule has 0 saturated carbocycles. The van der Waals surface area contributed by atoms with Crippen molar-refractivity contribution in [1.29, 1.82) is 0 Å². The molecule has 196 valence electrons. The number of nitrogen functional groups attached to an aromatic ring is 1. The van der Waals surface area contributed by atoms with Gasteiger partial charge in [0.2, 0.25) is 11.7 Å². The fraction of sp³-hybridized carbons (Fsp3) is 0.348. The van der Waals surface area contributed by atoms with Gasteiger partial charge in [-0.1, -0.05) is 50.9 Å². The lowest BCUT2D eigenvalue weighted by Crippen LogP contribution is -2.12. The molecule has 0 saturated heterocycles. The lowest BCUT2D eigenvalue weighted by atomic mass is 10.2. The van der Waals surface area contributed by atoms with Gasteiger partial charge in [-0.25, -0.2) is 0 Å². The van der Waals surface area contributed by atoms with Crippen LogP contribution in [-0.2, 0) is 32.3 Å². The van der Waals surface area contributed by atoms with E-state index in [0.717, 1.165) is 4.47 Å². The number of hydrogen-bond acceptors (Lipinski definition) is 6. The van der Waals surface area contributed by atoms with Gasteiger partial charge < -0.3 is 20.9 Å². The van der Waals surface area contributed by atoms with E-state index >= 15 is 0 Å². The van der Waals surface area contributed by atoms with E-state index in [1.54, 1.807) is 38.1 Å². The first-order chi connectivity index (χ1) is 16.5. The van der Waals surface area contributed by atoms with Crippen LogP contribution >= 0.6 is 66.7 Å². The predicted molar refractivity (Wildman–Crippen MR) is 152 cm³/mol. The second-order valence-electron chi connectivity index (χ2n) is 6.05. The third kappa shape index (κ3) is 14.7. The number of amides is 1. The highest BCUT2D eigenvalue weighted by molar-refractivity contribution is 9.10. The average Bonchev–Trinajstić information content (AvgIpc) is 2.84. The van der Waals surface area contributed by atoms with Crippen LogP contribution in [0.15, 0.2) is 33.2 Å². The number of carbonyl (C=O) groups is 3. The van der Waals surface area contributed by atoms with E-state index in [1.165, 1.54) is 0 Å². The fourth-order valence-electron chi connectivity index (χ4n) is 2.06. The Morgan fingerprint density at radius 3 is 1.97 bits per heavy atom. The Kier molecular flexibility index (Phi) is 21.3. The summed E-state index contributed by atoms with van der Waals surface area (Å²) in [5.74, 6) is -0.194. The molecule has 0 bridgehead atoms. The van der Waals surface area contributed by atoms with E-state index < -0.39 is 0 Å². The Balaban J connectivity index is 0. The zero-order valence-corrected chi connectivity index (χ0v) is 25.2. The number of hydrogen-bond donors (Lipinski definition) is 3. The van der Waals surface area contributed by atoms with Crippen molar-refractivity contribution in [2.75, 3.05) is 11.1 Å². The Bertz CT molecular complexity index is 963. The average molecular weight is 680 g/mol. The smallest absolute Gasteiger partial charge is 0.305 e. The molecule has 0 spiro atoms.